The Morgan fingerprint density at radius 2 is 1.94 bits per heavy atom. The maximum Gasteiger partial charge on any atom is 0.355 e. The van der Waals surface area contributed by atoms with E-state index in [0.29, 0.717) is 27.1 Å². The van der Waals surface area contributed by atoms with Crippen molar-refractivity contribution in [3.8, 4) is 11.4 Å². The number of aromatic nitrogens is 2. The number of hydrogen-bond acceptors (Lipinski definition) is 9. The van der Waals surface area contributed by atoms with Crippen molar-refractivity contribution in [1.29, 1.82) is 0 Å². The lowest BCUT2D eigenvalue weighted by Crippen LogP contribution is -2.18. The minimum absolute atomic E-state index is 0.146. The van der Waals surface area contributed by atoms with E-state index in [2.05, 4.69) is 30.3 Å². The van der Waals surface area contributed by atoms with Crippen molar-refractivity contribution in [3.63, 3.8) is 0 Å². The molecule has 0 atom stereocenters. The first-order valence-corrected chi connectivity index (χ1v) is 12.7. The Morgan fingerprint density at radius 3 is 2.59 bits per heavy atom. The first-order valence-electron chi connectivity index (χ1n) is 8.83. The first kappa shape index (κ1) is 24.1. The van der Waals surface area contributed by atoms with Crippen LogP contribution in [0.3, 0.4) is 0 Å². The summed E-state index contributed by atoms with van der Waals surface area (Å²) in [5, 5.41) is 0.705. The minimum atomic E-state index is -3.40. The number of aliphatic imine (C=N–C) groups is 1. The van der Waals surface area contributed by atoms with E-state index in [4.69, 9.17) is 22.1 Å². The molecule has 8 nitrogen and oxygen atoms in total. The van der Waals surface area contributed by atoms with Gasteiger partial charge in [0.25, 0.3) is 0 Å². The van der Waals surface area contributed by atoms with Crippen molar-refractivity contribution in [2.24, 2.45) is 10.7 Å². The molecule has 0 amide bonds. The van der Waals surface area contributed by atoms with Crippen molar-refractivity contribution in [1.82, 2.24) is 9.36 Å². The molecule has 0 saturated heterocycles. The SMILES string of the molecule is COC(=O)/C(N)=C(\Br)C(=Nc1ccccc1Cl)c1nc(-c2cccc(S(C)(=O)=O)c2)ns1. The van der Waals surface area contributed by atoms with Crippen LogP contribution in [0, 0.1) is 0 Å². The number of carbonyl (C=O) groups is 1. The molecule has 0 bridgehead atoms. The lowest BCUT2D eigenvalue weighted by Gasteiger charge is -2.07. The summed E-state index contributed by atoms with van der Waals surface area (Å²) in [7, 11) is -2.19. The molecule has 0 saturated carbocycles. The summed E-state index contributed by atoms with van der Waals surface area (Å²) in [6.07, 6.45) is 1.12. The second-order valence-electron chi connectivity index (χ2n) is 6.35. The monoisotopic (exact) mass is 554 g/mol. The van der Waals surface area contributed by atoms with Crippen LogP contribution in [0.25, 0.3) is 11.4 Å². The Balaban J connectivity index is 2.15. The van der Waals surface area contributed by atoms with E-state index in [1.54, 1.807) is 36.4 Å². The van der Waals surface area contributed by atoms with Crippen LogP contribution in [0.5, 0.6) is 0 Å². The smallest absolute Gasteiger partial charge is 0.355 e. The van der Waals surface area contributed by atoms with Gasteiger partial charge in [0.1, 0.15) is 11.4 Å². The fourth-order valence-corrected chi connectivity index (χ4v) is 4.58. The summed E-state index contributed by atoms with van der Waals surface area (Å²) in [5.41, 5.74) is 6.85. The maximum absolute atomic E-state index is 12.0. The lowest BCUT2D eigenvalue weighted by atomic mass is 10.2. The van der Waals surface area contributed by atoms with Gasteiger partial charge in [-0.25, -0.2) is 23.2 Å². The number of sulfone groups is 1. The van der Waals surface area contributed by atoms with Gasteiger partial charge in [-0.1, -0.05) is 35.9 Å². The fourth-order valence-electron chi connectivity index (χ4n) is 2.48. The van der Waals surface area contributed by atoms with Gasteiger partial charge >= 0.3 is 5.97 Å². The lowest BCUT2D eigenvalue weighted by molar-refractivity contribution is -0.136. The maximum atomic E-state index is 12.0. The van der Waals surface area contributed by atoms with Gasteiger partial charge in [0, 0.05) is 11.8 Å². The summed E-state index contributed by atoms with van der Waals surface area (Å²) in [5.74, 6) is -0.464. The van der Waals surface area contributed by atoms with Gasteiger partial charge < -0.3 is 10.5 Å². The first-order chi connectivity index (χ1) is 15.1. The molecule has 3 aromatic rings. The highest BCUT2D eigenvalue weighted by Gasteiger charge is 2.22. The second-order valence-corrected chi connectivity index (χ2v) is 10.3. The topological polar surface area (TPSA) is 125 Å². The van der Waals surface area contributed by atoms with Crippen molar-refractivity contribution in [2.75, 3.05) is 13.4 Å². The fraction of sp³-hybridized carbons (Fsp3) is 0.100. The number of ether oxygens (including phenoxy) is 1. The molecule has 2 aromatic carbocycles. The zero-order valence-electron chi connectivity index (χ0n) is 16.7. The molecule has 0 aliphatic carbocycles. The Bertz CT molecular complexity index is 1350. The van der Waals surface area contributed by atoms with Crippen molar-refractivity contribution in [3.05, 3.63) is 68.7 Å². The number of benzene rings is 2. The van der Waals surface area contributed by atoms with Crippen molar-refractivity contribution >= 4 is 66.3 Å². The van der Waals surface area contributed by atoms with Gasteiger partial charge in [0.2, 0.25) is 0 Å². The van der Waals surface area contributed by atoms with Gasteiger partial charge in [-0.3, -0.25) is 0 Å². The van der Waals surface area contributed by atoms with Crippen LogP contribution in [0.2, 0.25) is 5.02 Å². The van der Waals surface area contributed by atoms with Crippen molar-refractivity contribution < 1.29 is 17.9 Å². The molecule has 0 unspecified atom stereocenters. The zero-order chi connectivity index (χ0) is 23.5. The average molecular weight is 556 g/mol. The zero-order valence-corrected chi connectivity index (χ0v) is 20.7. The Hall–Kier alpha value is -2.60. The molecule has 32 heavy (non-hydrogen) atoms. The highest BCUT2D eigenvalue weighted by atomic mass is 79.9. The van der Waals surface area contributed by atoms with Crippen LogP contribution in [0.1, 0.15) is 5.01 Å². The van der Waals surface area contributed by atoms with E-state index in [-0.39, 0.29) is 20.8 Å². The predicted octanol–water partition coefficient (Wildman–Crippen LogP) is 4.12. The number of halogens is 2. The highest BCUT2D eigenvalue weighted by molar-refractivity contribution is 9.12. The van der Waals surface area contributed by atoms with Crippen LogP contribution in [0.4, 0.5) is 5.69 Å². The number of nitrogens with two attached hydrogens (primary N) is 1. The van der Waals surface area contributed by atoms with Gasteiger partial charge in [0.05, 0.1) is 27.2 Å². The number of hydrogen-bond donors (Lipinski definition) is 1. The number of methoxy groups -OCH3 is 1. The molecule has 1 heterocycles. The normalized spacial score (nSPS) is 12.9. The van der Waals surface area contributed by atoms with E-state index in [9.17, 15) is 13.2 Å². The van der Waals surface area contributed by atoms with Crippen LogP contribution in [-0.4, -0.2) is 42.8 Å². The van der Waals surface area contributed by atoms with Crippen LogP contribution >= 0.6 is 39.1 Å². The van der Waals surface area contributed by atoms with Crippen molar-refractivity contribution in [2.45, 2.75) is 4.90 Å². The average Bonchev–Trinajstić information content (AvgIpc) is 3.26. The van der Waals surface area contributed by atoms with E-state index < -0.39 is 15.8 Å². The van der Waals surface area contributed by atoms with Gasteiger partial charge in [0.15, 0.2) is 20.7 Å². The quantitative estimate of drug-likeness (QED) is 0.275. The Labute approximate surface area is 202 Å². The summed E-state index contributed by atoms with van der Waals surface area (Å²) < 4.78 is 32.9. The summed E-state index contributed by atoms with van der Waals surface area (Å²) in [4.78, 5) is 21.1. The Kier molecular flexibility index (Phi) is 7.44. The summed E-state index contributed by atoms with van der Waals surface area (Å²) in [6.45, 7) is 0. The molecule has 0 aliphatic heterocycles. The van der Waals surface area contributed by atoms with E-state index in [1.165, 1.54) is 19.2 Å². The van der Waals surface area contributed by atoms with Crippen LogP contribution < -0.4 is 5.73 Å². The molecule has 3 rings (SSSR count). The summed E-state index contributed by atoms with van der Waals surface area (Å²) >= 11 is 10.6. The molecular weight excluding hydrogens is 540 g/mol. The minimum Gasteiger partial charge on any atom is -0.464 e. The second kappa shape index (κ2) is 9.90. The van der Waals surface area contributed by atoms with Gasteiger partial charge in [-0.05, 0) is 51.7 Å². The molecule has 0 radical (unpaired) electrons. The highest BCUT2D eigenvalue weighted by Crippen LogP contribution is 2.30. The molecule has 166 valence electrons. The van der Waals surface area contributed by atoms with Gasteiger partial charge in [-0.15, -0.1) is 0 Å². The largest absolute Gasteiger partial charge is 0.464 e. The third-order valence-electron chi connectivity index (χ3n) is 4.08. The third-order valence-corrected chi connectivity index (χ3v) is 7.04. The predicted molar refractivity (Wildman–Crippen MR) is 128 cm³/mol. The third kappa shape index (κ3) is 5.41. The molecule has 1 aromatic heterocycles. The Morgan fingerprint density at radius 1 is 1.22 bits per heavy atom. The molecule has 0 spiro atoms. The van der Waals surface area contributed by atoms with E-state index >= 15 is 0 Å². The summed E-state index contributed by atoms with van der Waals surface area (Å²) in [6, 6.07) is 13.1. The molecule has 12 heteroatoms. The standard InChI is InChI=1S/C20H16BrClN4O4S2/c1-30-20(27)16(23)15(21)17(24-14-9-4-3-8-13(14)22)19-25-18(26-31-19)11-6-5-7-12(10-11)32(2,28)29/h3-10H,23H2,1-2H3/b16-15+,24-17?. The number of rotatable bonds is 6. The van der Waals surface area contributed by atoms with Crippen LogP contribution in [0.15, 0.2) is 68.6 Å². The van der Waals surface area contributed by atoms with Gasteiger partial charge in [-0.2, -0.15) is 4.37 Å². The van der Waals surface area contributed by atoms with Crippen LogP contribution in [-0.2, 0) is 19.4 Å². The molecule has 2 N–H and O–H groups in total. The van der Waals surface area contributed by atoms with E-state index in [1.807, 2.05) is 0 Å². The number of allylic oxidation sites excluding steroid dienone is 1. The number of nitrogens with zero attached hydrogens (tertiary/aromatic N) is 3. The number of esters is 1. The molecule has 0 aliphatic rings. The molecular formula is C20H16BrClN4O4S2. The number of carbonyl (C=O) groups excluding carboxylic acids is 1. The van der Waals surface area contributed by atoms with E-state index in [0.717, 1.165) is 17.8 Å². The number of para-hydroxylation sites is 1. The molecule has 0 fully saturated rings.